The quantitative estimate of drug-likeness (QED) is 0.538. The smallest absolute Gasteiger partial charge is 0.0589 e. The highest BCUT2D eigenvalue weighted by atomic mass is 16.5. The molecule has 4 nitrogen and oxygen atoms in total. The molecule has 0 aromatic heterocycles. The average molecular weight is 258 g/mol. The van der Waals surface area contributed by atoms with Gasteiger partial charge >= 0.3 is 0 Å². The van der Waals surface area contributed by atoms with E-state index in [4.69, 9.17) is 9.47 Å². The predicted octanol–water partition coefficient (Wildman–Crippen LogP) is 1.50. The Morgan fingerprint density at radius 1 is 1.17 bits per heavy atom. The minimum atomic E-state index is 0.614. The van der Waals surface area contributed by atoms with E-state index in [0.717, 1.165) is 45.3 Å². The van der Waals surface area contributed by atoms with Crippen LogP contribution in [0.2, 0.25) is 0 Å². The monoisotopic (exact) mass is 258 g/mol. The Morgan fingerprint density at radius 2 is 1.89 bits per heavy atom. The van der Waals surface area contributed by atoms with E-state index in [2.05, 4.69) is 17.1 Å². The number of methoxy groups -OCH3 is 2. The van der Waals surface area contributed by atoms with Crippen molar-refractivity contribution >= 4 is 0 Å². The molecule has 1 aliphatic rings. The summed E-state index contributed by atoms with van der Waals surface area (Å²) in [4.78, 5) is 2.51. The Balaban J connectivity index is 2.16. The van der Waals surface area contributed by atoms with Crippen molar-refractivity contribution in [1.82, 2.24) is 10.2 Å². The lowest BCUT2D eigenvalue weighted by Crippen LogP contribution is -2.38. The summed E-state index contributed by atoms with van der Waals surface area (Å²) in [5.41, 5.74) is 0. The molecule has 18 heavy (non-hydrogen) atoms. The molecule has 0 radical (unpaired) electrons. The lowest BCUT2D eigenvalue weighted by Gasteiger charge is -2.29. The molecule has 0 saturated heterocycles. The molecule has 1 fully saturated rings. The van der Waals surface area contributed by atoms with Gasteiger partial charge in [-0.15, -0.1) is 0 Å². The van der Waals surface area contributed by atoms with Crippen LogP contribution in [0.15, 0.2) is 0 Å². The standard InChI is InChI=1S/C14H30N2O2/c1-13(7-8-15-14-5-6-14)16(10-12-18-3)9-4-11-17-2/h13-15H,4-12H2,1-3H3. The first-order chi connectivity index (χ1) is 8.77. The van der Waals surface area contributed by atoms with E-state index in [9.17, 15) is 0 Å². The van der Waals surface area contributed by atoms with Crippen LogP contribution in [0.4, 0.5) is 0 Å². The fourth-order valence-corrected chi connectivity index (χ4v) is 2.14. The Bertz CT molecular complexity index is 198. The van der Waals surface area contributed by atoms with Crippen molar-refractivity contribution in [2.24, 2.45) is 0 Å². The molecule has 1 rings (SSSR count). The van der Waals surface area contributed by atoms with Crippen LogP contribution in [-0.4, -0.2) is 64.1 Å². The number of nitrogens with one attached hydrogen (secondary N) is 1. The van der Waals surface area contributed by atoms with Crippen LogP contribution in [0.1, 0.15) is 32.6 Å². The number of hydrogen-bond acceptors (Lipinski definition) is 4. The first kappa shape index (κ1) is 15.9. The molecule has 0 spiro atoms. The second-order valence-electron chi connectivity index (χ2n) is 5.24. The Morgan fingerprint density at radius 3 is 2.50 bits per heavy atom. The maximum atomic E-state index is 5.19. The number of rotatable bonds is 12. The lowest BCUT2D eigenvalue weighted by molar-refractivity contribution is 0.108. The van der Waals surface area contributed by atoms with Gasteiger partial charge in [0.1, 0.15) is 0 Å². The van der Waals surface area contributed by atoms with Gasteiger partial charge in [0.2, 0.25) is 0 Å². The van der Waals surface area contributed by atoms with Crippen LogP contribution < -0.4 is 5.32 Å². The van der Waals surface area contributed by atoms with Gasteiger partial charge < -0.3 is 14.8 Å². The molecule has 1 unspecified atom stereocenters. The van der Waals surface area contributed by atoms with Crippen molar-refractivity contribution < 1.29 is 9.47 Å². The van der Waals surface area contributed by atoms with E-state index in [1.165, 1.54) is 19.3 Å². The average Bonchev–Trinajstić information content (AvgIpc) is 3.17. The zero-order valence-electron chi connectivity index (χ0n) is 12.3. The zero-order valence-corrected chi connectivity index (χ0v) is 12.3. The molecular weight excluding hydrogens is 228 g/mol. The highest BCUT2D eigenvalue weighted by Crippen LogP contribution is 2.18. The van der Waals surface area contributed by atoms with Gasteiger partial charge in [-0.2, -0.15) is 0 Å². The molecule has 0 amide bonds. The third-order valence-electron chi connectivity index (χ3n) is 3.57. The zero-order chi connectivity index (χ0) is 13.2. The van der Waals surface area contributed by atoms with E-state index in [1.54, 1.807) is 14.2 Å². The van der Waals surface area contributed by atoms with E-state index in [0.29, 0.717) is 6.04 Å². The maximum absolute atomic E-state index is 5.19. The van der Waals surface area contributed by atoms with Gasteiger partial charge in [0, 0.05) is 46.0 Å². The van der Waals surface area contributed by atoms with Crippen molar-refractivity contribution in [1.29, 1.82) is 0 Å². The fraction of sp³-hybridized carbons (Fsp3) is 1.00. The predicted molar refractivity (Wildman–Crippen MR) is 75.0 cm³/mol. The number of ether oxygens (including phenoxy) is 2. The van der Waals surface area contributed by atoms with Gasteiger partial charge in [-0.3, -0.25) is 4.90 Å². The summed E-state index contributed by atoms with van der Waals surface area (Å²) in [6.45, 7) is 7.23. The molecule has 1 saturated carbocycles. The summed E-state index contributed by atoms with van der Waals surface area (Å²) < 4.78 is 10.3. The molecule has 0 aliphatic heterocycles. The van der Waals surface area contributed by atoms with Crippen LogP contribution in [0, 0.1) is 0 Å². The maximum Gasteiger partial charge on any atom is 0.0589 e. The van der Waals surface area contributed by atoms with Gasteiger partial charge in [0.25, 0.3) is 0 Å². The van der Waals surface area contributed by atoms with Crippen molar-refractivity contribution in [2.45, 2.75) is 44.7 Å². The van der Waals surface area contributed by atoms with Gasteiger partial charge in [-0.05, 0) is 39.2 Å². The molecule has 0 aromatic rings. The van der Waals surface area contributed by atoms with Crippen LogP contribution >= 0.6 is 0 Å². The van der Waals surface area contributed by atoms with Crippen molar-refractivity contribution in [3.63, 3.8) is 0 Å². The molecule has 1 atom stereocenters. The number of nitrogens with zero attached hydrogens (tertiary/aromatic N) is 1. The summed E-state index contributed by atoms with van der Waals surface area (Å²) in [5, 5.41) is 3.58. The van der Waals surface area contributed by atoms with Gasteiger partial charge in [-0.1, -0.05) is 0 Å². The minimum Gasteiger partial charge on any atom is -0.385 e. The molecule has 1 N–H and O–H groups in total. The van der Waals surface area contributed by atoms with Crippen LogP contribution in [0.3, 0.4) is 0 Å². The minimum absolute atomic E-state index is 0.614. The number of hydrogen-bond donors (Lipinski definition) is 1. The third-order valence-corrected chi connectivity index (χ3v) is 3.57. The molecule has 0 bridgehead atoms. The summed E-state index contributed by atoms with van der Waals surface area (Å²) in [6.07, 6.45) is 5.05. The summed E-state index contributed by atoms with van der Waals surface area (Å²) >= 11 is 0. The fourth-order valence-electron chi connectivity index (χ4n) is 2.14. The summed E-state index contributed by atoms with van der Waals surface area (Å²) in [7, 11) is 3.54. The second kappa shape index (κ2) is 9.73. The second-order valence-corrected chi connectivity index (χ2v) is 5.24. The van der Waals surface area contributed by atoms with Crippen molar-refractivity contribution in [3.05, 3.63) is 0 Å². The highest BCUT2D eigenvalue weighted by Gasteiger charge is 2.20. The first-order valence-electron chi connectivity index (χ1n) is 7.23. The largest absolute Gasteiger partial charge is 0.385 e. The molecule has 1 aliphatic carbocycles. The summed E-state index contributed by atoms with van der Waals surface area (Å²) in [5.74, 6) is 0. The van der Waals surface area contributed by atoms with E-state index in [-0.39, 0.29) is 0 Å². The van der Waals surface area contributed by atoms with E-state index in [1.807, 2.05) is 0 Å². The van der Waals surface area contributed by atoms with Gasteiger partial charge in [-0.25, -0.2) is 0 Å². The van der Waals surface area contributed by atoms with Crippen molar-refractivity contribution in [3.8, 4) is 0 Å². The van der Waals surface area contributed by atoms with Crippen LogP contribution in [0.5, 0.6) is 0 Å². The first-order valence-corrected chi connectivity index (χ1v) is 7.23. The Kier molecular flexibility index (Phi) is 8.59. The molecule has 4 heteroatoms. The van der Waals surface area contributed by atoms with Crippen LogP contribution in [0.25, 0.3) is 0 Å². The normalized spacial score (nSPS) is 17.3. The highest BCUT2D eigenvalue weighted by molar-refractivity contribution is 4.81. The third kappa shape index (κ3) is 7.31. The Labute approximate surface area is 112 Å². The molecule has 108 valence electrons. The molecule has 0 aromatic carbocycles. The Hall–Kier alpha value is -0.160. The van der Waals surface area contributed by atoms with Gasteiger partial charge in [0.05, 0.1) is 6.61 Å². The van der Waals surface area contributed by atoms with E-state index >= 15 is 0 Å². The van der Waals surface area contributed by atoms with E-state index < -0.39 is 0 Å². The lowest BCUT2D eigenvalue weighted by atomic mass is 10.2. The SMILES string of the molecule is COCCCN(CCOC)C(C)CCNC1CC1. The molecule has 0 heterocycles. The van der Waals surface area contributed by atoms with Gasteiger partial charge in [0.15, 0.2) is 0 Å². The van der Waals surface area contributed by atoms with Crippen LogP contribution in [-0.2, 0) is 9.47 Å². The topological polar surface area (TPSA) is 33.7 Å². The molecular formula is C14H30N2O2. The summed E-state index contributed by atoms with van der Waals surface area (Å²) in [6, 6.07) is 1.43. The van der Waals surface area contributed by atoms with Crippen molar-refractivity contribution in [2.75, 3.05) is 47.1 Å².